The molecule has 1 atom stereocenters. The predicted octanol–water partition coefficient (Wildman–Crippen LogP) is 5.10. The van der Waals surface area contributed by atoms with Gasteiger partial charge < -0.3 is 15.2 Å². The molecular formula is C26H20ClFN4O4. The van der Waals surface area contributed by atoms with Gasteiger partial charge in [0.25, 0.3) is 5.91 Å². The molecule has 4 aromatic rings. The highest BCUT2D eigenvalue weighted by atomic mass is 35.5. The molecule has 1 unspecified atom stereocenters. The number of nitrogens with zero attached hydrogens (tertiary/aromatic N) is 3. The smallest absolute Gasteiger partial charge is 0.414 e. The molecule has 1 aliphatic heterocycles. The number of rotatable bonds is 5. The van der Waals surface area contributed by atoms with Crippen LogP contribution in [0.15, 0.2) is 60.7 Å². The molecule has 10 heteroatoms. The molecule has 1 fully saturated rings. The number of benzene rings is 3. The average Bonchev–Trinajstić information content (AvgIpc) is 3.55. The second-order valence-corrected chi connectivity index (χ2v) is 9.47. The molecule has 0 radical (unpaired) electrons. The van der Waals surface area contributed by atoms with Crippen LogP contribution in [0.5, 0.6) is 0 Å². The summed E-state index contributed by atoms with van der Waals surface area (Å²) in [6, 6.07) is 15.6. The number of hydrogen-bond acceptors (Lipinski definition) is 4. The quantitative estimate of drug-likeness (QED) is 0.349. The molecule has 0 spiro atoms. The first-order valence-corrected chi connectivity index (χ1v) is 11.8. The number of carbonyl (C=O) groups is 2. The Morgan fingerprint density at radius 2 is 1.97 bits per heavy atom. The van der Waals surface area contributed by atoms with Gasteiger partial charge in [-0.1, -0.05) is 41.9 Å². The third-order valence-electron chi connectivity index (χ3n) is 6.73. The standard InChI is InChI=1S/C26H20ClFN4O4/c27-18-6-3-7-21(22(18)28)32-23(33)16-4-1-2-5-17(16)26(32,36)15-10-11-19-20(12-15)30-24(29-19)31(25(34)35)13-14-8-9-14/h1-7,10-12,14,36H,8-9,13H2,(H,29,30)(H,34,35). The Balaban J connectivity index is 1.51. The topological polar surface area (TPSA) is 110 Å². The molecule has 6 rings (SSSR count). The van der Waals surface area contributed by atoms with Crippen molar-refractivity contribution in [1.82, 2.24) is 9.97 Å². The number of aromatic nitrogens is 2. The average molecular weight is 507 g/mol. The summed E-state index contributed by atoms with van der Waals surface area (Å²) in [5, 5.41) is 21.7. The second-order valence-electron chi connectivity index (χ2n) is 9.06. The lowest BCUT2D eigenvalue weighted by molar-refractivity contribution is 0.0699. The zero-order valence-corrected chi connectivity index (χ0v) is 19.5. The fourth-order valence-corrected chi connectivity index (χ4v) is 4.92. The van der Waals surface area contributed by atoms with Crippen LogP contribution in [0.2, 0.25) is 5.02 Å². The number of anilines is 2. The minimum absolute atomic E-state index is 0.168. The van der Waals surface area contributed by atoms with Gasteiger partial charge in [0.15, 0.2) is 11.5 Å². The van der Waals surface area contributed by atoms with E-state index in [2.05, 4.69) is 9.97 Å². The number of H-pyrrole nitrogens is 1. The van der Waals surface area contributed by atoms with Crippen LogP contribution in [0.25, 0.3) is 11.0 Å². The Labute approximate surface area is 209 Å². The van der Waals surface area contributed by atoms with Gasteiger partial charge in [-0.05, 0) is 49.1 Å². The Morgan fingerprint density at radius 3 is 2.72 bits per heavy atom. The van der Waals surface area contributed by atoms with Crippen molar-refractivity contribution in [1.29, 1.82) is 0 Å². The Kier molecular flexibility index (Phi) is 5.03. The van der Waals surface area contributed by atoms with E-state index >= 15 is 4.39 Å². The van der Waals surface area contributed by atoms with Gasteiger partial charge in [0, 0.05) is 23.2 Å². The molecule has 0 saturated heterocycles. The normalized spacial score (nSPS) is 19.1. The number of imidazole rings is 1. The summed E-state index contributed by atoms with van der Waals surface area (Å²) < 4.78 is 15.1. The number of aliphatic hydroxyl groups is 1. The van der Waals surface area contributed by atoms with Crippen molar-refractivity contribution in [2.45, 2.75) is 18.6 Å². The molecule has 1 aliphatic carbocycles. The summed E-state index contributed by atoms with van der Waals surface area (Å²) in [6.45, 7) is 0.343. The largest absolute Gasteiger partial charge is 0.465 e. The van der Waals surface area contributed by atoms with Gasteiger partial charge in [0.2, 0.25) is 5.95 Å². The number of carbonyl (C=O) groups excluding carboxylic acids is 1. The maximum atomic E-state index is 15.1. The van der Waals surface area contributed by atoms with E-state index in [0.717, 1.165) is 17.7 Å². The number of carboxylic acid groups (broad SMARTS) is 1. The van der Waals surface area contributed by atoms with Gasteiger partial charge in [-0.2, -0.15) is 0 Å². The molecule has 1 saturated carbocycles. The van der Waals surface area contributed by atoms with Gasteiger partial charge in [0.05, 0.1) is 21.7 Å². The van der Waals surface area contributed by atoms with Crippen LogP contribution in [-0.2, 0) is 5.72 Å². The van der Waals surface area contributed by atoms with Gasteiger partial charge in [-0.15, -0.1) is 0 Å². The van der Waals surface area contributed by atoms with E-state index in [9.17, 15) is 19.8 Å². The Morgan fingerprint density at radius 1 is 1.19 bits per heavy atom. The molecule has 1 aromatic heterocycles. The van der Waals surface area contributed by atoms with E-state index in [1.54, 1.807) is 42.5 Å². The van der Waals surface area contributed by atoms with Crippen LogP contribution in [0.1, 0.15) is 34.3 Å². The molecule has 3 aromatic carbocycles. The molecule has 2 heterocycles. The van der Waals surface area contributed by atoms with Crippen molar-refractivity contribution in [2.75, 3.05) is 16.3 Å². The van der Waals surface area contributed by atoms with Crippen LogP contribution in [0.3, 0.4) is 0 Å². The van der Waals surface area contributed by atoms with Crippen LogP contribution in [-0.4, -0.2) is 38.7 Å². The molecule has 2 amide bonds. The predicted molar refractivity (Wildman–Crippen MR) is 132 cm³/mol. The molecule has 182 valence electrons. The first-order chi connectivity index (χ1) is 17.3. The zero-order chi connectivity index (χ0) is 25.2. The van der Waals surface area contributed by atoms with E-state index in [1.165, 1.54) is 23.1 Å². The van der Waals surface area contributed by atoms with Crippen molar-refractivity contribution in [3.63, 3.8) is 0 Å². The number of nitrogens with one attached hydrogen (secondary N) is 1. The van der Waals surface area contributed by atoms with Crippen molar-refractivity contribution in [3.8, 4) is 0 Å². The number of hydrogen-bond donors (Lipinski definition) is 3. The molecule has 0 bridgehead atoms. The monoisotopic (exact) mass is 506 g/mol. The van der Waals surface area contributed by atoms with E-state index in [1.807, 2.05) is 0 Å². The van der Waals surface area contributed by atoms with Crippen LogP contribution >= 0.6 is 11.6 Å². The van der Waals surface area contributed by atoms with Crippen molar-refractivity contribution < 1.29 is 24.2 Å². The molecule has 36 heavy (non-hydrogen) atoms. The molecule has 8 nitrogen and oxygen atoms in total. The van der Waals surface area contributed by atoms with Gasteiger partial charge in [-0.25, -0.2) is 19.1 Å². The summed E-state index contributed by atoms with van der Waals surface area (Å²) in [5.74, 6) is -0.927. The summed E-state index contributed by atoms with van der Waals surface area (Å²) in [5.41, 5.74) is -0.497. The van der Waals surface area contributed by atoms with Crippen molar-refractivity contribution >= 4 is 46.3 Å². The zero-order valence-electron chi connectivity index (χ0n) is 18.8. The van der Waals surface area contributed by atoms with E-state index in [0.29, 0.717) is 23.5 Å². The Hall–Kier alpha value is -3.95. The van der Waals surface area contributed by atoms with E-state index in [4.69, 9.17) is 11.6 Å². The SMILES string of the molecule is O=C(O)N(CC1CC1)c1nc2ccc(C3(O)c4ccccc4C(=O)N3c3cccc(Cl)c3F)cc2[nH]1. The van der Waals surface area contributed by atoms with Crippen molar-refractivity contribution in [2.24, 2.45) is 5.92 Å². The summed E-state index contributed by atoms with van der Waals surface area (Å²) in [7, 11) is 0. The third kappa shape index (κ3) is 3.35. The number of aromatic amines is 1. The summed E-state index contributed by atoms with van der Waals surface area (Å²) in [6.07, 6.45) is 0.840. The lowest BCUT2D eigenvalue weighted by atomic mass is 9.93. The van der Waals surface area contributed by atoms with Crippen molar-refractivity contribution in [3.05, 3.63) is 88.2 Å². The molecule has 2 aliphatic rings. The van der Waals surface area contributed by atoms with Gasteiger partial charge in [0.1, 0.15) is 0 Å². The van der Waals surface area contributed by atoms with Crippen LogP contribution in [0.4, 0.5) is 20.8 Å². The highest BCUT2D eigenvalue weighted by Crippen LogP contribution is 2.46. The van der Waals surface area contributed by atoms with E-state index < -0.39 is 23.5 Å². The second kappa shape index (κ2) is 8.04. The minimum Gasteiger partial charge on any atom is -0.465 e. The summed E-state index contributed by atoms with van der Waals surface area (Å²) >= 11 is 6.01. The minimum atomic E-state index is -2.06. The number of amides is 2. The first kappa shape index (κ1) is 22.5. The third-order valence-corrected chi connectivity index (χ3v) is 7.02. The lowest BCUT2D eigenvalue weighted by Crippen LogP contribution is -2.45. The fraction of sp³-hybridized carbons (Fsp3) is 0.192. The maximum absolute atomic E-state index is 15.1. The Bertz CT molecular complexity index is 1550. The van der Waals surface area contributed by atoms with E-state index in [-0.39, 0.29) is 33.3 Å². The maximum Gasteiger partial charge on any atom is 0.414 e. The van der Waals surface area contributed by atoms with Crippen LogP contribution < -0.4 is 9.80 Å². The first-order valence-electron chi connectivity index (χ1n) is 11.4. The van der Waals surface area contributed by atoms with Gasteiger partial charge >= 0.3 is 6.09 Å². The summed E-state index contributed by atoms with van der Waals surface area (Å²) in [4.78, 5) is 34.9. The highest BCUT2D eigenvalue weighted by Gasteiger charge is 2.51. The molecule has 3 N–H and O–H groups in total. The highest BCUT2D eigenvalue weighted by molar-refractivity contribution is 6.31. The molecular weight excluding hydrogens is 487 g/mol. The number of halogens is 2. The van der Waals surface area contributed by atoms with Crippen LogP contribution in [0, 0.1) is 11.7 Å². The number of fused-ring (bicyclic) bond motifs is 2. The van der Waals surface area contributed by atoms with Gasteiger partial charge in [-0.3, -0.25) is 9.69 Å². The fourth-order valence-electron chi connectivity index (χ4n) is 4.75. The lowest BCUT2D eigenvalue weighted by Gasteiger charge is -2.35.